The van der Waals surface area contributed by atoms with E-state index >= 15 is 0 Å². The van der Waals surface area contributed by atoms with E-state index in [2.05, 4.69) is 6.58 Å². The average Bonchev–Trinajstić information content (AvgIpc) is 2.55. The van der Waals surface area contributed by atoms with Gasteiger partial charge in [-0.25, -0.2) is 12.7 Å². The first-order valence-corrected chi connectivity index (χ1v) is 8.80. The van der Waals surface area contributed by atoms with Crippen LogP contribution in [0.15, 0.2) is 66.1 Å². The molecule has 5 heteroatoms. The quantitative estimate of drug-likeness (QED) is 0.809. The summed E-state index contributed by atoms with van der Waals surface area (Å²) >= 11 is 0. The van der Waals surface area contributed by atoms with Crippen LogP contribution in [0.2, 0.25) is 0 Å². The first-order valence-electron chi connectivity index (χ1n) is 7.36. The zero-order valence-corrected chi connectivity index (χ0v) is 14.0. The number of nitrogens with zero attached hydrogens (tertiary/aromatic N) is 1. The number of aryl methyl sites for hydroxylation is 1. The molecular weight excluding hydrogens is 310 g/mol. The van der Waals surface area contributed by atoms with E-state index in [9.17, 15) is 8.42 Å². The fraction of sp³-hybridized carbons (Fsp3) is 0.222. The van der Waals surface area contributed by atoms with Crippen molar-refractivity contribution < 1.29 is 13.2 Å². The van der Waals surface area contributed by atoms with Gasteiger partial charge in [-0.1, -0.05) is 35.9 Å². The van der Waals surface area contributed by atoms with Crippen LogP contribution in [-0.2, 0) is 10.0 Å². The Labute approximate surface area is 137 Å². The van der Waals surface area contributed by atoms with Crippen LogP contribution in [0.3, 0.4) is 0 Å². The molecule has 1 aliphatic heterocycles. The van der Waals surface area contributed by atoms with Crippen LogP contribution >= 0.6 is 0 Å². The van der Waals surface area contributed by atoms with Gasteiger partial charge in [0.1, 0.15) is 17.9 Å². The third-order valence-electron chi connectivity index (χ3n) is 4.07. The van der Waals surface area contributed by atoms with E-state index in [1.165, 1.54) is 4.31 Å². The van der Waals surface area contributed by atoms with Crippen LogP contribution < -0.4 is 9.04 Å². The van der Waals surface area contributed by atoms with Gasteiger partial charge in [-0.05, 0) is 38.1 Å². The number of anilines is 1. The van der Waals surface area contributed by atoms with E-state index in [1.54, 1.807) is 48.5 Å². The standard InChI is InChI=1S/C18H19NO3S/c1-4-18(3)13-22-17-8-6-5-7-16(17)19(18)23(20,21)15-11-9-14(2)10-12-15/h4-12H,1,13H2,2-3H3. The Bertz CT molecular complexity index is 843. The van der Waals surface area contributed by atoms with Gasteiger partial charge < -0.3 is 4.74 Å². The van der Waals surface area contributed by atoms with Crippen molar-refractivity contribution in [2.75, 3.05) is 10.9 Å². The van der Waals surface area contributed by atoms with Gasteiger partial charge in [-0.15, -0.1) is 6.58 Å². The number of benzene rings is 2. The first kappa shape index (κ1) is 15.6. The number of fused-ring (bicyclic) bond motifs is 1. The van der Waals surface area contributed by atoms with Crippen LogP contribution in [0, 0.1) is 6.92 Å². The summed E-state index contributed by atoms with van der Waals surface area (Å²) in [7, 11) is -3.73. The normalized spacial score (nSPS) is 20.5. The van der Waals surface area contributed by atoms with Crippen molar-refractivity contribution in [2.24, 2.45) is 0 Å². The highest BCUT2D eigenvalue weighted by Crippen LogP contribution is 2.42. The molecule has 0 spiro atoms. The Kier molecular flexibility index (Phi) is 3.68. The molecule has 0 aromatic heterocycles. The van der Waals surface area contributed by atoms with Gasteiger partial charge in [0.15, 0.2) is 0 Å². The lowest BCUT2D eigenvalue weighted by molar-refractivity contribution is 0.245. The van der Waals surface area contributed by atoms with Gasteiger partial charge in [0.2, 0.25) is 0 Å². The van der Waals surface area contributed by atoms with Crippen molar-refractivity contribution in [3.05, 3.63) is 66.7 Å². The van der Waals surface area contributed by atoms with Crippen molar-refractivity contribution >= 4 is 15.7 Å². The second kappa shape index (κ2) is 5.42. The Balaban J connectivity index is 2.21. The molecule has 0 fully saturated rings. The van der Waals surface area contributed by atoms with E-state index in [1.807, 2.05) is 19.9 Å². The Morgan fingerprint density at radius 1 is 1.17 bits per heavy atom. The monoisotopic (exact) mass is 329 g/mol. The maximum absolute atomic E-state index is 13.3. The highest BCUT2D eigenvalue weighted by molar-refractivity contribution is 7.93. The van der Waals surface area contributed by atoms with Gasteiger partial charge in [0.25, 0.3) is 10.0 Å². The van der Waals surface area contributed by atoms with Gasteiger partial charge in [-0.3, -0.25) is 0 Å². The maximum atomic E-state index is 13.3. The number of rotatable bonds is 3. The lowest BCUT2D eigenvalue weighted by atomic mass is 10.0. The third kappa shape index (κ3) is 2.51. The van der Waals surface area contributed by atoms with Gasteiger partial charge >= 0.3 is 0 Å². The molecule has 0 aliphatic carbocycles. The lowest BCUT2D eigenvalue weighted by Gasteiger charge is -2.43. The van der Waals surface area contributed by atoms with E-state index in [-0.39, 0.29) is 11.5 Å². The minimum absolute atomic E-state index is 0.221. The summed E-state index contributed by atoms with van der Waals surface area (Å²) in [5, 5.41) is 0. The Hall–Kier alpha value is -2.27. The van der Waals surface area contributed by atoms with Crippen molar-refractivity contribution in [3.63, 3.8) is 0 Å². The fourth-order valence-electron chi connectivity index (χ4n) is 2.67. The predicted octanol–water partition coefficient (Wildman–Crippen LogP) is 3.53. The number of sulfonamides is 1. The molecule has 0 saturated carbocycles. The maximum Gasteiger partial charge on any atom is 0.265 e. The molecule has 4 nitrogen and oxygen atoms in total. The van der Waals surface area contributed by atoms with Crippen LogP contribution in [0.4, 0.5) is 5.69 Å². The SMILES string of the molecule is C=CC1(C)COc2ccccc2N1S(=O)(=O)c1ccc(C)cc1. The summed E-state index contributed by atoms with van der Waals surface area (Å²) in [4.78, 5) is 0.257. The first-order chi connectivity index (χ1) is 10.9. The molecule has 0 radical (unpaired) electrons. The molecular formula is C18H19NO3S. The molecule has 23 heavy (non-hydrogen) atoms. The molecule has 0 bridgehead atoms. The minimum atomic E-state index is -3.73. The van der Waals surface area contributed by atoms with Crippen molar-refractivity contribution in [1.29, 1.82) is 0 Å². The molecule has 0 amide bonds. The minimum Gasteiger partial charge on any atom is -0.489 e. The zero-order chi connectivity index (χ0) is 16.7. The second-order valence-corrected chi connectivity index (χ2v) is 7.69. The van der Waals surface area contributed by atoms with E-state index in [0.29, 0.717) is 11.4 Å². The second-order valence-electron chi connectivity index (χ2n) is 5.90. The molecule has 0 saturated heterocycles. The summed E-state index contributed by atoms with van der Waals surface area (Å²) in [5.41, 5.74) is 0.692. The zero-order valence-electron chi connectivity index (χ0n) is 13.2. The topological polar surface area (TPSA) is 46.6 Å². The van der Waals surface area contributed by atoms with Gasteiger partial charge in [0.05, 0.1) is 10.6 Å². The van der Waals surface area contributed by atoms with E-state index in [0.717, 1.165) is 5.56 Å². The lowest BCUT2D eigenvalue weighted by Crippen LogP contribution is -2.54. The summed E-state index contributed by atoms with van der Waals surface area (Å²) < 4.78 is 33.7. The largest absolute Gasteiger partial charge is 0.489 e. The third-order valence-corrected chi connectivity index (χ3v) is 6.03. The molecule has 0 N–H and O–H groups in total. The molecule has 3 rings (SSSR count). The summed E-state index contributed by atoms with van der Waals surface area (Å²) in [5.74, 6) is 0.558. The molecule has 1 heterocycles. The van der Waals surface area contributed by atoms with Crippen LogP contribution in [0.25, 0.3) is 0 Å². The number of para-hydroxylation sites is 2. The Morgan fingerprint density at radius 3 is 2.48 bits per heavy atom. The fourth-order valence-corrected chi connectivity index (χ4v) is 4.44. The van der Waals surface area contributed by atoms with Crippen LogP contribution in [0.1, 0.15) is 12.5 Å². The van der Waals surface area contributed by atoms with E-state index < -0.39 is 15.6 Å². The van der Waals surface area contributed by atoms with Crippen molar-refractivity contribution in [3.8, 4) is 5.75 Å². The van der Waals surface area contributed by atoms with Crippen molar-refractivity contribution in [1.82, 2.24) is 0 Å². The highest BCUT2D eigenvalue weighted by atomic mass is 32.2. The Morgan fingerprint density at radius 2 is 1.83 bits per heavy atom. The van der Waals surface area contributed by atoms with Crippen LogP contribution in [0.5, 0.6) is 5.75 Å². The summed E-state index contributed by atoms with van der Waals surface area (Å²) in [6, 6.07) is 14.0. The number of ether oxygens (including phenoxy) is 1. The molecule has 1 aliphatic rings. The number of hydrogen-bond donors (Lipinski definition) is 0. The molecule has 1 unspecified atom stereocenters. The predicted molar refractivity (Wildman–Crippen MR) is 91.4 cm³/mol. The molecule has 1 atom stereocenters. The molecule has 2 aromatic rings. The smallest absolute Gasteiger partial charge is 0.265 e. The molecule has 2 aromatic carbocycles. The highest BCUT2D eigenvalue weighted by Gasteiger charge is 2.43. The number of hydrogen-bond acceptors (Lipinski definition) is 3. The average molecular weight is 329 g/mol. The van der Waals surface area contributed by atoms with Gasteiger partial charge in [-0.2, -0.15) is 0 Å². The summed E-state index contributed by atoms with van der Waals surface area (Å²) in [6.45, 7) is 7.77. The molecule has 120 valence electrons. The van der Waals surface area contributed by atoms with Gasteiger partial charge in [0, 0.05) is 0 Å². The van der Waals surface area contributed by atoms with Crippen molar-refractivity contribution in [2.45, 2.75) is 24.3 Å². The van der Waals surface area contributed by atoms with Crippen LogP contribution in [-0.4, -0.2) is 20.6 Å². The summed E-state index contributed by atoms with van der Waals surface area (Å²) in [6.07, 6.45) is 1.62. The van der Waals surface area contributed by atoms with E-state index in [4.69, 9.17) is 4.74 Å².